The van der Waals surface area contributed by atoms with Crippen molar-refractivity contribution < 1.29 is 9.59 Å². The van der Waals surface area contributed by atoms with Gasteiger partial charge in [0.05, 0.1) is 29.3 Å². The van der Waals surface area contributed by atoms with Gasteiger partial charge in [-0.25, -0.2) is 4.98 Å². The molecule has 0 bridgehead atoms. The van der Waals surface area contributed by atoms with Gasteiger partial charge in [0.1, 0.15) is 5.69 Å². The third-order valence-electron chi connectivity index (χ3n) is 6.86. The van der Waals surface area contributed by atoms with E-state index in [-0.39, 0.29) is 17.5 Å². The van der Waals surface area contributed by atoms with Crippen molar-refractivity contribution in [3.63, 3.8) is 0 Å². The summed E-state index contributed by atoms with van der Waals surface area (Å²) in [4.78, 5) is 36.0. The lowest BCUT2D eigenvalue weighted by Gasteiger charge is -2.14. The zero-order valence-corrected chi connectivity index (χ0v) is 20.3. The minimum Gasteiger partial charge on any atom is -0.358 e. The molecular formula is C28H27N7O2. The van der Waals surface area contributed by atoms with Crippen LogP contribution in [0.1, 0.15) is 46.7 Å². The van der Waals surface area contributed by atoms with Gasteiger partial charge >= 0.3 is 0 Å². The Bertz CT molecular complexity index is 1500. The van der Waals surface area contributed by atoms with Gasteiger partial charge in [-0.05, 0) is 67.5 Å². The number of benzene rings is 1. The van der Waals surface area contributed by atoms with Gasteiger partial charge < -0.3 is 15.5 Å². The van der Waals surface area contributed by atoms with E-state index >= 15 is 0 Å². The zero-order chi connectivity index (χ0) is 25.4. The molecule has 0 spiro atoms. The van der Waals surface area contributed by atoms with E-state index in [4.69, 9.17) is 0 Å². The molecule has 3 aromatic heterocycles. The number of allylic oxidation sites excluding steroid dienone is 1. The summed E-state index contributed by atoms with van der Waals surface area (Å²) in [7, 11) is 0. The maximum absolute atomic E-state index is 13.1. The van der Waals surface area contributed by atoms with Gasteiger partial charge in [-0.1, -0.05) is 12.6 Å². The highest BCUT2D eigenvalue weighted by Crippen LogP contribution is 2.36. The monoisotopic (exact) mass is 493 g/mol. The molecule has 0 atom stereocenters. The highest BCUT2D eigenvalue weighted by Gasteiger charge is 2.25. The van der Waals surface area contributed by atoms with Crippen LogP contribution in [0, 0.1) is 5.92 Å². The molecule has 2 fully saturated rings. The molecule has 3 N–H and O–H groups in total. The van der Waals surface area contributed by atoms with Gasteiger partial charge in [0.25, 0.3) is 11.8 Å². The number of anilines is 2. The molecule has 4 aromatic rings. The Balaban J connectivity index is 1.20. The van der Waals surface area contributed by atoms with E-state index < -0.39 is 0 Å². The van der Waals surface area contributed by atoms with Gasteiger partial charge in [-0.3, -0.25) is 19.7 Å². The summed E-state index contributed by atoms with van der Waals surface area (Å²) in [6, 6.07) is 11.2. The molecule has 9 nitrogen and oxygen atoms in total. The maximum atomic E-state index is 13.1. The number of hydrogen-bond acceptors (Lipinski definition) is 6. The fourth-order valence-corrected chi connectivity index (χ4v) is 4.62. The molecule has 2 aliphatic rings. The van der Waals surface area contributed by atoms with Crippen LogP contribution >= 0.6 is 0 Å². The Labute approximate surface area is 214 Å². The number of aromatic nitrogens is 4. The number of nitrogens with one attached hydrogen (secondary N) is 3. The second-order valence-corrected chi connectivity index (χ2v) is 9.60. The average Bonchev–Trinajstić information content (AvgIpc) is 3.46. The minimum atomic E-state index is -0.363. The van der Waals surface area contributed by atoms with Crippen LogP contribution in [0.3, 0.4) is 0 Å². The first kappa shape index (κ1) is 22.9. The molecule has 6 rings (SSSR count). The number of fused-ring (bicyclic) bond motifs is 1. The largest absolute Gasteiger partial charge is 0.358 e. The number of pyridine rings is 2. The molecule has 0 unspecified atom stereocenters. The molecule has 1 saturated heterocycles. The molecule has 0 radical (unpaired) electrons. The van der Waals surface area contributed by atoms with E-state index in [1.165, 1.54) is 19.0 Å². The van der Waals surface area contributed by atoms with Crippen LogP contribution in [0.25, 0.3) is 22.0 Å². The molecule has 1 saturated carbocycles. The lowest BCUT2D eigenvalue weighted by molar-refractivity contribution is 0.0787. The standard InChI is InChI=1S/C28H27N7O2/c1-17(18-4-5-18)31-22-12-20(14-29-15-22)19-6-8-24-23(13-19)26(34-33-24)27(36)32-21-7-9-25(30-16-21)28(37)35-10-2-3-11-35/h6-9,12-16,18,31H,1-5,10-11H2,(H,32,36)(H,33,34). The van der Waals surface area contributed by atoms with E-state index in [2.05, 4.69) is 37.4 Å². The van der Waals surface area contributed by atoms with Crippen LogP contribution in [0.5, 0.6) is 0 Å². The highest BCUT2D eigenvalue weighted by molar-refractivity contribution is 6.11. The predicted molar refractivity (Wildman–Crippen MR) is 142 cm³/mol. The Morgan fingerprint density at radius 2 is 1.78 bits per heavy atom. The highest BCUT2D eigenvalue weighted by atomic mass is 16.2. The van der Waals surface area contributed by atoms with Gasteiger partial charge in [0, 0.05) is 35.9 Å². The van der Waals surface area contributed by atoms with Gasteiger partial charge in [0.15, 0.2) is 5.69 Å². The quantitative estimate of drug-likeness (QED) is 0.339. The number of likely N-dealkylation sites (tertiary alicyclic amines) is 1. The average molecular weight is 494 g/mol. The first-order valence-electron chi connectivity index (χ1n) is 12.5. The number of carbonyl (C=O) groups excluding carboxylic acids is 2. The number of nitrogens with zero attached hydrogens (tertiary/aromatic N) is 4. The molecule has 1 aliphatic carbocycles. The summed E-state index contributed by atoms with van der Waals surface area (Å²) in [5.41, 5.74) is 5.65. The predicted octanol–water partition coefficient (Wildman–Crippen LogP) is 4.84. The van der Waals surface area contributed by atoms with Crippen molar-refractivity contribution in [2.45, 2.75) is 25.7 Å². The molecule has 4 heterocycles. The lowest BCUT2D eigenvalue weighted by atomic mass is 10.0. The van der Waals surface area contributed by atoms with Crippen molar-refractivity contribution in [3.8, 4) is 11.1 Å². The number of aromatic amines is 1. The SMILES string of the molecule is C=C(Nc1cncc(-c2ccc3[nH]nc(C(=O)Nc4ccc(C(=O)N5CCCC5)nc4)c3c2)c1)C1CC1. The third-order valence-corrected chi connectivity index (χ3v) is 6.86. The maximum Gasteiger partial charge on any atom is 0.276 e. The van der Waals surface area contributed by atoms with Crippen LogP contribution in [0.15, 0.2) is 67.3 Å². The molecule has 1 aliphatic heterocycles. The van der Waals surface area contributed by atoms with Gasteiger partial charge in [-0.15, -0.1) is 0 Å². The van der Waals surface area contributed by atoms with E-state index in [9.17, 15) is 9.59 Å². The molecule has 1 aromatic carbocycles. The van der Waals surface area contributed by atoms with Crippen molar-refractivity contribution in [1.82, 2.24) is 25.1 Å². The number of amides is 2. The first-order valence-corrected chi connectivity index (χ1v) is 12.5. The Kier molecular flexibility index (Phi) is 5.88. The van der Waals surface area contributed by atoms with Crippen LogP contribution in [-0.2, 0) is 0 Å². The second kappa shape index (κ2) is 9.50. The van der Waals surface area contributed by atoms with Crippen molar-refractivity contribution >= 4 is 34.1 Å². The summed E-state index contributed by atoms with van der Waals surface area (Å²) < 4.78 is 0. The number of H-pyrrole nitrogens is 1. The van der Waals surface area contributed by atoms with Gasteiger partial charge in [-0.2, -0.15) is 5.10 Å². The van der Waals surface area contributed by atoms with Crippen molar-refractivity contribution in [3.05, 3.63) is 78.7 Å². The molecular weight excluding hydrogens is 466 g/mol. The topological polar surface area (TPSA) is 116 Å². The Morgan fingerprint density at radius 3 is 2.54 bits per heavy atom. The summed E-state index contributed by atoms with van der Waals surface area (Å²) in [6.07, 6.45) is 9.48. The molecule has 9 heteroatoms. The van der Waals surface area contributed by atoms with Crippen LogP contribution in [-0.4, -0.2) is 50.0 Å². The molecule has 2 amide bonds. The lowest BCUT2D eigenvalue weighted by Crippen LogP contribution is -2.28. The van der Waals surface area contributed by atoms with Crippen molar-refractivity contribution in [2.75, 3.05) is 23.7 Å². The van der Waals surface area contributed by atoms with E-state index in [1.807, 2.05) is 24.3 Å². The van der Waals surface area contributed by atoms with Crippen LogP contribution in [0.2, 0.25) is 0 Å². The van der Waals surface area contributed by atoms with Crippen LogP contribution in [0.4, 0.5) is 11.4 Å². The smallest absolute Gasteiger partial charge is 0.276 e. The number of rotatable bonds is 7. The normalized spacial score (nSPS) is 15.1. The fourth-order valence-electron chi connectivity index (χ4n) is 4.62. The van der Waals surface area contributed by atoms with Gasteiger partial charge in [0.2, 0.25) is 0 Å². The fraction of sp³-hybridized carbons (Fsp3) is 0.250. The summed E-state index contributed by atoms with van der Waals surface area (Å²) in [5, 5.41) is 14.1. The summed E-state index contributed by atoms with van der Waals surface area (Å²) >= 11 is 0. The first-order chi connectivity index (χ1) is 18.0. The van der Waals surface area contributed by atoms with E-state index in [0.29, 0.717) is 22.7 Å². The van der Waals surface area contributed by atoms with E-state index in [0.717, 1.165) is 54.0 Å². The summed E-state index contributed by atoms with van der Waals surface area (Å²) in [6.45, 7) is 5.65. The second-order valence-electron chi connectivity index (χ2n) is 9.60. The number of hydrogen-bond donors (Lipinski definition) is 3. The Hall–Kier alpha value is -4.53. The van der Waals surface area contributed by atoms with Crippen LogP contribution < -0.4 is 10.6 Å². The minimum absolute atomic E-state index is 0.0770. The Morgan fingerprint density at radius 1 is 0.946 bits per heavy atom. The zero-order valence-electron chi connectivity index (χ0n) is 20.3. The molecule has 186 valence electrons. The molecule has 37 heavy (non-hydrogen) atoms. The third kappa shape index (κ3) is 4.80. The summed E-state index contributed by atoms with van der Waals surface area (Å²) in [5.74, 6) is 0.105. The van der Waals surface area contributed by atoms with E-state index in [1.54, 1.807) is 29.4 Å². The van der Waals surface area contributed by atoms with Crippen molar-refractivity contribution in [1.29, 1.82) is 0 Å². The van der Waals surface area contributed by atoms with Crippen molar-refractivity contribution in [2.24, 2.45) is 5.92 Å². The number of carbonyl (C=O) groups is 2.